The highest BCUT2D eigenvalue weighted by atomic mass is 35.5. The third kappa shape index (κ3) is 3.58. The van der Waals surface area contributed by atoms with Gasteiger partial charge in [0.1, 0.15) is 4.34 Å². The fourth-order valence-electron chi connectivity index (χ4n) is 1.64. The van der Waals surface area contributed by atoms with E-state index in [1.165, 1.54) is 17.5 Å². The van der Waals surface area contributed by atoms with Crippen LogP contribution in [0, 0.1) is 0 Å². The molecule has 2 N–H and O–H groups in total. The number of anilines is 1. The van der Waals surface area contributed by atoms with Gasteiger partial charge < -0.3 is 5.32 Å². The van der Waals surface area contributed by atoms with Gasteiger partial charge in [-0.1, -0.05) is 22.9 Å². The quantitative estimate of drug-likeness (QED) is 0.810. The molecule has 1 aliphatic heterocycles. The van der Waals surface area contributed by atoms with Gasteiger partial charge >= 0.3 is 6.03 Å². The zero-order valence-corrected chi connectivity index (χ0v) is 11.3. The summed E-state index contributed by atoms with van der Waals surface area (Å²) >= 11 is 6.88. The van der Waals surface area contributed by atoms with Crippen molar-refractivity contribution >= 4 is 49.5 Å². The Balaban J connectivity index is 1.86. The van der Waals surface area contributed by atoms with Crippen LogP contribution < -0.4 is 10.6 Å². The topological polar surface area (TPSA) is 71.1 Å². The molecule has 0 spiro atoms. The van der Waals surface area contributed by atoms with E-state index in [9.17, 15) is 9.00 Å². The molecule has 5 nitrogen and oxygen atoms in total. The lowest BCUT2D eigenvalue weighted by Crippen LogP contribution is -2.38. The third-order valence-corrected chi connectivity index (χ3v) is 5.40. The van der Waals surface area contributed by atoms with Crippen LogP contribution in [0.15, 0.2) is 6.20 Å². The summed E-state index contributed by atoms with van der Waals surface area (Å²) in [7, 11) is -1.99. The molecule has 1 fully saturated rings. The molecule has 1 aromatic heterocycles. The van der Waals surface area contributed by atoms with Crippen molar-refractivity contribution in [1.82, 2.24) is 10.3 Å². The average molecular weight is 294 g/mol. The summed E-state index contributed by atoms with van der Waals surface area (Å²) in [6.07, 6.45) is 2.18. The smallest absolute Gasteiger partial charge is 0.321 e. The van der Waals surface area contributed by atoms with Crippen LogP contribution in [0.2, 0.25) is 4.34 Å². The molecule has 0 saturated carbocycles. The maximum atomic E-state index is 11.6. The molecule has 94 valence electrons. The number of urea groups is 1. The van der Waals surface area contributed by atoms with E-state index in [1.54, 1.807) is 0 Å². The summed E-state index contributed by atoms with van der Waals surface area (Å²) in [5, 5.41) is 5.77. The predicted molar refractivity (Wildman–Crippen MR) is 72.7 cm³/mol. The first kappa shape index (κ1) is 12.7. The summed E-state index contributed by atoms with van der Waals surface area (Å²) in [6, 6.07) is -0.423. The van der Waals surface area contributed by atoms with Gasteiger partial charge in [0.05, 0.1) is 6.20 Å². The molecule has 17 heavy (non-hydrogen) atoms. The number of hydrogen-bond donors (Lipinski definition) is 2. The second-order valence-electron chi connectivity index (χ2n) is 3.89. The number of carbonyl (C=O) groups excluding carboxylic acids is 1. The van der Waals surface area contributed by atoms with Crippen molar-refractivity contribution in [3.63, 3.8) is 0 Å². The Morgan fingerprint density at radius 1 is 1.71 bits per heavy atom. The maximum absolute atomic E-state index is 11.6. The number of aromatic nitrogens is 1. The van der Waals surface area contributed by atoms with E-state index < -0.39 is 9.52 Å². The molecule has 2 atom stereocenters. The molecule has 2 amide bonds. The van der Waals surface area contributed by atoms with Crippen LogP contribution >= 0.6 is 22.9 Å². The van der Waals surface area contributed by atoms with Crippen LogP contribution in [0.4, 0.5) is 9.93 Å². The van der Waals surface area contributed by atoms with Crippen molar-refractivity contribution in [2.24, 2.45) is 0 Å². The minimum atomic E-state index is -1.99. The number of amides is 2. The number of thiazole rings is 1. The number of nitrogens with zero attached hydrogens (tertiary/aromatic N) is 1. The summed E-state index contributed by atoms with van der Waals surface area (Å²) in [6.45, 7) is 0. The molecule has 0 aliphatic carbocycles. The molecule has 1 aromatic rings. The molecule has 0 aromatic carbocycles. The Bertz CT molecular complexity index is 526. The molecule has 2 heterocycles. The van der Waals surface area contributed by atoms with Crippen LogP contribution in [0.1, 0.15) is 6.42 Å². The van der Waals surface area contributed by atoms with E-state index >= 15 is 0 Å². The Labute approximate surface area is 109 Å². The number of nitrogens with one attached hydrogen (secondary N) is 2. The van der Waals surface area contributed by atoms with Gasteiger partial charge in [0.25, 0.3) is 0 Å². The lowest BCUT2D eigenvalue weighted by atomic mass is 10.3. The van der Waals surface area contributed by atoms with Crippen LogP contribution in [0.25, 0.3) is 0 Å². The van der Waals surface area contributed by atoms with Crippen LogP contribution in [-0.4, -0.2) is 38.6 Å². The summed E-state index contributed by atoms with van der Waals surface area (Å²) < 4.78 is 12.1. The Morgan fingerprint density at radius 2 is 2.47 bits per heavy atom. The second-order valence-corrected chi connectivity index (χ2v) is 8.23. The molecule has 2 unspecified atom stereocenters. The molecule has 8 heteroatoms. The fraction of sp³-hybridized carbons (Fsp3) is 0.444. The standard InChI is InChI=1S/C9H12ClN3O2S2/c1-17(15)3-2-6(5-17)12-8(14)13-9-11-4-7(10)16-9/h4,6H,1-3,5H2,(H2,11,12,13,14). The molecular formula is C9H12ClN3O2S2. The monoisotopic (exact) mass is 293 g/mol. The first-order chi connectivity index (χ1) is 7.94. The maximum Gasteiger partial charge on any atom is 0.321 e. The first-order valence-corrected chi connectivity index (χ1v) is 8.22. The summed E-state index contributed by atoms with van der Waals surface area (Å²) in [4.78, 5) is 15.5. The van der Waals surface area contributed by atoms with Gasteiger partial charge in [-0.05, 0) is 21.8 Å². The van der Waals surface area contributed by atoms with Crippen molar-refractivity contribution in [3.05, 3.63) is 10.5 Å². The van der Waals surface area contributed by atoms with E-state index in [0.717, 1.165) is 0 Å². The average Bonchev–Trinajstić information content (AvgIpc) is 2.73. The highest BCUT2D eigenvalue weighted by Crippen LogP contribution is 2.22. The van der Waals surface area contributed by atoms with E-state index in [4.69, 9.17) is 11.6 Å². The minimum absolute atomic E-state index is 0.0737. The molecular weight excluding hydrogens is 282 g/mol. The summed E-state index contributed by atoms with van der Waals surface area (Å²) in [5.41, 5.74) is 0. The largest absolute Gasteiger partial charge is 0.334 e. The normalized spacial score (nSPS) is 27.9. The first-order valence-electron chi connectivity index (χ1n) is 4.96. The molecule has 1 saturated heterocycles. The lowest BCUT2D eigenvalue weighted by molar-refractivity contribution is 0.249. The van der Waals surface area contributed by atoms with Crippen LogP contribution in [0.5, 0.6) is 0 Å². The Hall–Kier alpha value is -0.790. The van der Waals surface area contributed by atoms with Gasteiger partial charge in [0, 0.05) is 17.5 Å². The van der Waals surface area contributed by atoms with Crippen molar-refractivity contribution < 1.29 is 9.00 Å². The van der Waals surface area contributed by atoms with Gasteiger partial charge in [0.15, 0.2) is 5.13 Å². The number of hydrogen-bond acceptors (Lipinski definition) is 4. The van der Waals surface area contributed by atoms with E-state index in [1.807, 2.05) is 0 Å². The number of carbonyl (C=O) groups is 1. The predicted octanol–water partition coefficient (Wildman–Crippen LogP) is 1.41. The molecule has 1 aliphatic rings. The lowest BCUT2D eigenvalue weighted by Gasteiger charge is -2.10. The van der Waals surface area contributed by atoms with Crippen molar-refractivity contribution in [3.8, 4) is 0 Å². The Kier molecular flexibility index (Phi) is 3.60. The number of halogens is 1. The van der Waals surface area contributed by atoms with E-state index in [0.29, 0.717) is 27.4 Å². The molecule has 2 rings (SSSR count). The fourth-order valence-corrected chi connectivity index (χ4v) is 4.31. The minimum Gasteiger partial charge on any atom is -0.334 e. The van der Waals surface area contributed by atoms with Crippen LogP contribution in [-0.2, 0) is 9.52 Å². The summed E-state index contributed by atoms with van der Waals surface area (Å²) in [5.74, 6) is 4.66. The van der Waals surface area contributed by atoms with Gasteiger partial charge in [-0.3, -0.25) is 9.53 Å². The number of rotatable bonds is 2. The SMILES string of the molecule is C=S1(=O)CCC(NC(=O)Nc2ncc(Cl)s2)C1. The van der Waals surface area contributed by atoms with Crippen molar-refractivity contribution in [2.45, 2.75) is 12.5 Å². The van der Waals surface area contributed by atoms with Gasteiger partial charge in [0.2, 0.25) is 0 Å². The highest BCUT2D eigenvalue weighted by Gasteiger charge is 2.24. The van der Waals surface area contributed by atoms with Gasteiger partial charge in [-0.2, -0.15) is 0 Å². The third-order valence-electron chi connectivity index (χ3n) is 2.38. The van der Waals surface area contributed by atoms with Crippen LogP contribution in [0.3, 0.4) is 0 Å². The van der Waals surface area contributed by atoms with Crippen molar-refractivity contribution in [1.29, 1.82) is 0 Å². The molecule has 0 bridgehead atoms. The zero-order valence-electron chi connectivity index (χ0n) is 8.94. The van der Waals surface area contributed by atoms with E-state index in [-0.39, 0.29) is 12.1 Å². The van der Waals surface area contributed by atoms with Gasteiger partial charge in [-0.25, -0.2) is 9.78 Å². The highest BCUT2D eigenvalue weighted by molar-refractivity contribution is 8.00. The van der Waals surface area contributed by atoms with E-state index in [2.05, 4.69) is 21.5 Å². The molecule has 0 radical (unpaired) electrons. The van der Waals surface area contributed by atoms with Crippen molar-refractivity contribution in [2.75, 3.05) is 16.8 Å². The second kappa shape index (κ2) is 4.83. The van der Waals surface area contributed by atoms with Gasteiger partial charge in [-0.15, -0.1) is 0 Å². The zero-order chi connectivity index (χ0) is 12.5. The Morgan fingerprint density at radius 3 is 3.00 bits per heavy atom.